The SMILES string of the molecule is CN(C)CC1COC2(COCCN(C(=O)c3cccnc3)C2)C1. The molecule has 2 aliphatic heterocycles. The average Bonchev–Trinajstić information content (AvgIpc) is 2.79. The molecule has 0 aromatic carbocycles. The molecular formula is C17H25N3O3. The maximum atomic E-state index is 12.7. The van der Waals surface area contributed by atoms with Crippen LogP contribution >= 0.6 is 0 Å². The number of ether oxygens (including phenoxy) is 2. The number of aromatic nitrogens is 1. The maximum absolute atomic E-state index is 12.7. The lowest BCUT2D eigenvalue weighted by atomic mass is 9.94. The van der Waals surface area contributed by atoms with E-state index >= 15 is 0 Å². The monoisotopic (exact) mass is 319 g/mol. The predicted octanol–water partition coefficient (Wildman–Crippen LogP) is 0.891. The number of amides is 1. The Balaban J connectivity index is 1.70. The Hall–Kier alpha value is -1.50. The van der Waals surface area contributed by atoms with E-state index in [1.807, 2.05) is 4.90 Å². The molecule has 6 heteroatoms. The molecule has 3 heterocycles. The van der Waals surface area contributed by atoms with Crippen molar-refractivity contribution in [3.63, 3.8) is 0 Å². The van der Waals surface area contributed by atoms with Gasteiger partial charge >= 0.3 is 0 Å². The first-order valence-corrected chi connectivity index (χ1v) is 8.14. The molecule has 0 radical (unpaired) electrons. The van der Waals surface area contributed by atoms with Gasteiger partial charge in [0.15, 0.2) is 0 Å². The molecule has 1 spiro atoms. The highest BCUT2D eigenvalue weighted by atomic mass is 16.5. The van der Waals surface area contributed by atoms with Crippen LogP contribution in [0.3, 0.4) is 0 Å². The Bertz CT molecular complexity index is 537. The Morgan fingerprint density at radius 1 is 1.52 bits per heavy atom. The van der Waals surface area contributed by atoms with Crippen LogP contribution in [0.5, 0.6) is 0 Å². The minimum absolute atomic E-state index is 0.00244. The first-order valence-electron chi connectivity index (χ1n) is 8.14. The van der Waals surface area contributed by atoms with E-state index in [9.17, 15) is 4.79 Å². The molecule has 3 rings (SSSR count). The van der Waals surface area contributed by atoms with E-state index in [2.05, 4.69) is 24.0 Å². The molecular weight excluding hydrogens is 294 g/mol. The molecule has 2 fully saturated rings. The third kappa shape index (κ3) is 3.88. The lowest BCUT2D eigenvalue weighted by molar-refractivity contribution is -0.0539. The van der Waals surface area contributed by atoms with Crippen LogP contribution in [-0.4, -0.2) is 79.8 Å². The summed E-state index contributed by atoms with van der Waals surface area (Å²) in [5, 5.41) is 0. The van der Waals surface area contributed by atoms with Gasteiger partial charge in [-0.3, -0.25) is 9.78 Å². The zero-order valence-corrected chi connectivity index (χ0v) is 13.9. The molecule has 1 aromatic heterocycles. The molecule has 1 aromatic rings. The van der Waals surface area contributed by atoms with Gasteiger partial charge in [-0.1, -0.05) is 0 Å². The van der Waals surface area contributed by atoms with Gasteiger partial charge in [-0.15, -0.1) is 0 Å². The van der Waals surface area contributed by atoms with E-state index < -0.39 is 0 Å². The average molecular weight is 319 g/mol. The third-order valence-corrected chi connectivity index (χ3v) is 4.45. The van der Waals surface area contributed by atoms with E-state index in [-0.39, 0.29) is 11.5 Å². The summed E-state index contributed by atoms with van der Waals surface area (Å²) in [7, 11) is 4.15. The molecule has 126 valence electrons. The lowest BCUT2D eigenvalue weighted by Crippen LogP contribution is -2.46. The second-order valence-electron chi connectivity index (χ2n) is 6.85. The van der Waals surface area contributed by atoms with Crippen LogP contribution in [0.4, 0.5) is 0 Å². The summed E-state index contributed by atoms with van der Waals surface area (Å²) < 4.78 is 11.9. The van der Waals surface area contributed by atoms with Gasteiger partial charge in [-0.05, 0) is 38.6 Å². The van der Waals surface area contributed by atoms with Gasteiger partial charge in [-0.2, -0.15) is 0 Å². The zero-order valence-electron chi connectivity index (χ0n) is 13.9. The standard InChI is InChI=1S/C17H25N3O3/c1-19(2)10-14-8-17(23-11-14)12-20(6-7-22-13-17)16(21)15-4-3-5-18-9-15/h3-5,9,14H,6-8,10-13H2,1-2H3. The fourth-order valence-corrected chi connectivity index (χ4v) is 3.53. The minimum atomic E-state index is -0.366. The van der Waals surface area contributed by atoms with Crippen molar-refractivity contribution in [2.45, 2.75) is 12.0 Å². The van der Waals surface area contributed by atoms with Crippen molar-refractivity contribution in [2.75, 3.05) is 53.6 Å². The second kappa shape index (κ2) is 6.95. The van der Waals surface area contributed by atoms with Gasteiger partial charge in [-0.25, -0.2) is 0 Å². The van der Waals surface area contributed by atoms with Crippen molar-refractivity contribution in [3.05, 3.63) is 30.1 Å². The number of rotatable bonds is 3. The third-order valence-electron chi connectivity index (χ3n) is 4.45. The summed E-state index contributed by atoms with van der Waals surface area (Å²) in [6.07, 6.45) is 4.23. The molecule has 23 heavy (non-hydrogen) atoms. The topological polar surface area (TPSA) is 54.9 Å². The Kier molecular flexibility index (Phi) is 4.94. The quantitative estimate of drug-likeness (QED) is 0.828. The Morgan fingerprint density at radius 3 is 3.13 bits per heavy atom. The van der Waals surface area contributed by atoms with Gasteiger partial charge in [0.1, 0.15) is 5.60 Å². The van der Waals surface area contributed by atoms with Crippen LogP contribution in [0.25, 0.3) is 0 Å². The molecule has 2 atom stereocenters. The van der Waals surface area contributed by atoms with Crippen molar-refractivity contribution in [2.24, 2.45) is 5.92 Å². The fraction of sp³-hybridized carbons (Fsp3) is 0.647. The molecule has 2 aliphatic rings. The van der Waals surface area contributed by atoms with Crippen molar-refractivity contribution in [1.29, 1.82) is 0 Å². The number of carbonyl (C=O) groups is 1. The highest BCUT2D eigenvalue weighted by Crippen LogP contribution is 2.33. The smallest absolute Gasteiger partial charge is 0.255 e. The van der Waals surface area contributed by atoms with Crippen LogP contribution in [0, 0.1) is 5.92 Å². The largest absolute Gasteiger partial charge is 0.377 e. The number of hydrogen-bond donors (Lipinski definition) is 0. The second-order valence-corrected chi connectivity index (χ2v) is 6.85. The van der Waals surface area contributed by atoms with Crippen LogP contribution in [0.15, 0.2) is 24.5 Å². The first kappa shape index (κ1) is 16.4. The summed E-state index contributed by atoms with van der Waals surface area (Å²) in [4.78, 5) is 20.8. The van der Waals surface area contributed by atoms with Crippen LogP contribution in [-0.2, 0) is 9.47 Å². The molecule has 6 nitrogen and oxygen atoms in total. The summed E-state index contributed by atoms with van der Waals surface area (Å²) in [6, 6.07) is 3.59. The highest BCUT2D eigenvalue weighted by molar-refractivity contribution is 5.93. The van der Waals surface area contributed by atoms with Crippen molar-refractivity contribution >= 4 is 5.91 Å². The van der Waals surface area contributed by atoms with Gasteiger partial charge in [0.2, 0.25) is 0 Å². The summed E-state index contributed by atoms with van der Waals surface area (Å²) in [5.41, 5.74) is 0.252. The normalized spacial score (nSPS) is 28.3. The van der Waals surface area contributed by atoms with Crippen LogP contribution < -0.4 is 0 Å². The van der Waals surface area contributed by atoms with Crippen LogP contribution in [0.2, 0.25) is 0 Å². The first-order chi connectivity index (χ1) is 11.1. The van der Waals surface area contributed by atoms with Crippen molar-refractivity contribution in [3.8, 4) is 0 Å². The van der Waals surface area contributed by atoms with E-state index in [0.717, 1.165) is 19.6 Å². The van der Waals surface area contributed by atoms with Crippen molar-refractivity contribution < 1.29 is 14.3 Å². The van der Waals surface area contributed by atoms with Crippen LogP contribution in [0.1, 0.15) is 16.8 Å². The van der Waals surface area contributed by atoms with Gasteiger partial charge < -0.3 is 19.3 Å². The zero-order chi connectivity index (χ0) is 16.3. The lowest BCUT2D eigenvalue weighted by Gasteiger charge is -2.31. The van der Waals surface area contributed by atoms with Gasteiger partial charge in [0.25, 0.3) is 5.91 Å². The van der Waals surface area contributed by atoms with E-state index in [1.54, 1.807) is 24.5 Å². The molecule has 0 bridgehead atoms. The van der Waals surface area contributed by atoms with E-state index in [1.165, 1.54) is 0 Å². The molecule has 2 unspecified atom stereocenters. The van der Waals surface area contributed by atoms with Crippen molar-refractivity contribution in [1.82, 2.24) is 14.8 Å². The number of hydrogen-bond acceptors (Lipinski definition) is 5. The summed E-state index contributed by atoms with van der Waals surface area (Å²) in [5.74, 6) is 0.490. The highest BCUT2D eigenvalue weighted by Gasteiger charge is 2.44. The van der Waals surface area contributed by atoms with E-state index in [4.69, 9.17) is 9.47 Å². The summed E-state index contributed by atoms with van der Waals surface area (Å²) in [6.45, 7) is 4.03. The number of nitrogens with zero attached hydrogens (tertiary/aromatic N) is 3. The summed E-state index contributed by atoms with van der Waals surface area (Å²) >= 11 is 0. The molecule has 0 N–H and O–H groups in total. The predicted molar refractivity (Wildman–Crippen MR) is 86.3 cm³/mol. The molecule has 0 saturated carbocycles. The molecule has 1 amide bonds. The Morgan fingerprint density at radius 2 is 2.39 bits per heavy atom. The van der Waals surface area contributed by atoms with E-state index in [0.29, 0.717) is 37.8 Å². The number of carbonyl (C=O) groups excluding carboxylic acids is 1. The fourth-order valence-electron chi connectivity index (χ4n) is 3.53. The maximum Gasteiger partial charge on any atom is 0.255 e. The molecule has 2 saturated heterocycles. The molecule has 0 aliphatic carbocycles. The number of pyridine rings is 1. The van der Waals surface area contributed by atoms with Gasteiger partial charge in [0, 0.05) is 25.5 Å². The minimum Gasteiger partial charge on any atom is -0.377 e. The van der Waals surface area contributed by atoms with Gasteiger partial charge in [0.05, 0.1) is 31.9 Å². The Labute approximate surface area is 137 Å².